The van der Waals surface area contributed by atoms with E-state index in [1.54, 1.807) is 0 Å². The lowest BCUT2D eigenvalue weighted by molar-refractivity contribution is 0.668. The Morgan fingerprint density at radius 2 is 1.00 bits per heavy atom. The van der Waals surface area contributed by atoms with Crippen molar-refractivity contribution in [1.82, 2.24) is 19.5 Å². The van der Waals surface area contributed by atoms with Gasteiger partial charge < -0.3 is 8.98 Å². The minimum absolute atomic E-state index is 0.0389. The average molecular weight is 671 g/mol. The van der Waals surface area contributed by atoms with Crippen molar-refractivity contribution in [3.05, 3.63) is 170 Å². The van der Waals surface area contributed by atoms with Gasteiger partial charge in [0.1, 0.15) is 11.2 Å². The fourth-order valence-electron chi connectivity index (χ4n) is 7.27. The highest BCUT2D eigenvalue weighted by Crippen LogP contribution is 2.40. The summed E-state index contributed by atoms with van der Waals surface area (Å²) in [6.07, 6.45) is 0. The molecule has 11 rings (SSSR count). The normalized spacial score (nSPS) is 13.5. The molecule has 11 aromatic rings. The number of fused-ring (bicyclic) bond motifs is 8. The summed E-state index contributed by atoms with van der Waals surface area (Å²) in [6.45, 7) is 0. The standard InChI is InChI=1S/C47H28N4O/c1-3-12-29(13-4-1)45-48-46(30-14-5-2-6-15-30)50-47(49-45)37-20-11-21-42-44(37)36-23-22-35(28-43(36)52-42)51-40-26-33-18-9-7-16-31(33)24-38(40)39-25-32-17-8-10-19-34(32)27-41(39)51/h1-28H/i11D,20D,21D,22D,23D,28D. The largest absolute Gasteiger partial charge is 0.456 e. The molecule has 3 aromatic heterocycles. The Morgan fingerprint density at radius 3 is 1.58 bits per heavy atom. The Kier molecular flexibility index (Phi) is 5.03. The first-order chi connectivity index (χ1) is 28.3. The lowest BCUT2D eigenvalue weighted by Gasteiger charge is -2.10. The third-order valence-corrected chi connectivity index (χ3v) is 9.71. The summed E-state index contributed by atoms with van der Waals surface area (Å²) in [5.41, 5.74) is 2.99. The van der Waals surface area contributed by atoms with Gasteiger partial charge in [0.05, 0.1) is 19.3 Å². The van der Waals surface area contributed by atoms with Crippen LogP contribution in [-0.4, -0.2) is 19.5 Å². The van der Waals surface area contributed by atoms with Crippen LogP contribution < -0.4 is 0 Å². The Labute approximate surface area is 306 Å². The molecule has 242 valence electrons. The lowest BCUT2D eigenvalue weighted by atomic mass is 10.0. The molecule has 0 bridgehead atoms. The summed E-state index contributed by atoms with van der Waals surface area (Å²) >= 11 is 0. The first-order valence-electron chi connectivity index (χ1n) is 20.0. The van der Waals surface area contributed by atoms with Crippen LogP contribution in [0.15, 0.2) is 174 Å². The van der Waals surface area contributed by atoms with Gasteiger partial charge >= 0.3 is 0 Å². The van der Waals surface area contributed by atoms with E-state index in [1.807, 2.05) is 102 Å². The van der Waals surface area contributed by atoms with E-state index in [0.717, 1.165) is 43.4 Å². The van der Waals surface area contributed by atoms with Gasteiger partial charge in [0.15, 0.2) is 17.5 Å². The number of hydrogen-bond acceptors (Lipinski definition) is 4. The number of aromatic nitrogens is 4. The van der Waals surface area contributed by atoms with Crippen molar-refractivity contribution in [1.29, 1.82) is 0 Å². The van der Waals surface area contributed by atoms with E-state index in [2.05, 4.69) is 36.4 Å². The molecule has 0 aliphatic rings. The Bertz CT molecular complexity index is 3380. The summed E-state index contributed by atoms with van der Waals surface area (Å²) < 4.78 is 64.5. The highest BCUT2D eigenvalue weighted by Gasteiger charge is 2.20. The van der Waals surface area contributed by atoms with E-state index < -0.39 is 6.04 Å². The molecular weight excluding hydrogens is 637 g/mol. The number of nitrogens with zero attached hydrogens (tertiary/aromatic N) is 4. The Balaban J connectivity index is 1.25. The zero-order chi connectivity index (χ0) is 39.4. The van der Waals surface area contributed by atoms with Crippen LogP contribution in [-0.2, 0) is 0 Å². The molecule has 0 spiro atoms. The van der Waals surface area contributed by atoms with Crippen LogP contribution in [0.3, 0.4) is 0 Å². The fourth-order valence-corrected chi connectivity index (χ4v) is 7.27. The molecule has 0 N–H and O–H groups in total. The number of hydrogen-bond donors (Lipinski definition) is 0. The third kappa shape index (κ3) is 4.46. The zero-order valence-electron chi connectivity index (χ0n) is 33.4. The van der Waals surface area contributed by atoms with E-state index in [-0.39, 0.29) is 69.2 Å². The molecule has 0 aliphatic heterocycles. The van der Waals surface area contributed by atoms with Gasteiger partial charge in [0.2, 0.25) is 0 Å². The molecule has 5 heteroatoms. The molecule has 8 aromatic carbocycles. The number of rotatable bonds is 4. The zero-order valence-corrected chi connectivity index (χ0v) is 27.4. The van der Waals surface area contributed by atoms with Crippen molar-refractivity contribution < 1.29 is 12.6 Å². The molecule has 5 nitrogen and oxygen atoms in total. The molecule has 0 radical (unpaired) electrons. The maximum atomic E-state index is 9.79. The van der Waals surface area contributed by atoms with E-state index in [0.29, 0.717) is 22.8 Å². The minimum Gasteiger partial charge on any atom is -0.456 e. The summed E-state index contributed by atoms with van der Waals surface area (Å²) in [6, 6.07) is 41.4. The van der Waals surface area contributed by atoms with Crippen molar-refractivity contribution >= 4 is 65.3 Å². The van der Waals surface area contributed by atoms with Gasteiger partial charge in [-0.3, -0.25) is 0 Å². The summed E-state index contributed by atoms with van der Waals surface area (Å²) in [7, 11) is 0. The summed E-state index contributed by atoms with van der Waals surface area (Å²) in [5, 5.41) is 6.12. The minimum atomic E-state index is -0.421. The van der Waals surface area contributed by atoms with Gasteiger partial charge in [-0.05, 0) is 63.9 Å². The van der Waals surface area contributed by atoms with Crippen LogP contribution in [0.2, 0.25) is 0 Å². The van der Waals surface area contributed by atoms with E-state index in [9.17, 15) is 5.48 Å². The molecule has 0 saturated carbocycles. The second kappa shape index (κ2) is 11.2. The van der Waals surface area contributed by atoms with Gasteiger partial charge in [-0.25, -0.2) is 15.0 Å². The highest BCUT2D eigenvalue weighted by molar-refractivity contribution is 6.17. The SMILES string of the molecule is [2H]c1c([2H])c(-c2nc(-c3ccccc3)nc(-c3ccccc3)n2)c2c(oc3c([2H])c(-n4c5cc6ccccc6cc5c5cc6ccccc6cc54)c([2H])c([2H])c32)c1[2H]. The van der Waals surface area contributed by atoms with Crippen LogP contribution in [0.5, 0.6) is 0 Å². The molecule has 52 heavy (non-hydrogen) atoms. The second-order valence-electron chi connectivity index (χ2n) is 12.8. The van der Waals surface area contributed by atoms with E-state index in [1.165, 1.54) is 0 Å². The third-order valence-electron chi connectivity index (χ3n) is 9.71. The molecular formula is C47H28N4O. The van der Waals surface area contributed by atoms with Crippen molar-refractivity contribution in [3.8, 4) is 39.9 Å². The molecule has 0 amide bonds. The second-order valence-corrected chi connectivity index (χ2v) is 12.8. The van der Waals surface area contributed by atoms with Crippen LogP contribution in [0, 0.1) is 0 Å². The topological polar surface area (TPSA) is 56.7 Å². The quantitative estimate of drug-likeness (QED) is 0.187. The smallest absolute Gasteiger partial charge is 0.164 e. The van der Waals surface area contributed by atoms with Gasteiger partial charge in [-0.15, -0.1) is 0 Å². The van der Waals surface area contributed by atoms with Crippen molar-refractivity contribution in [2.24, 2.45) is 0 Å². The molecule has 0 atom stereocenters. The molecule has 0 unspecified atom stereocenters. The van der Waals surface area contributed by atoms with Gasteiger partial charge in [0.25, 0.3) is 0 Å². The van der Waals surface area contributed by atoms with Crippen LogP contribution in [0.1, 0.15) is 8.22 Å². The van der Waals surface area contributed by atoms with Crippen LogP contribution in [0.25, 0.3) is 105 Å². The first kappa shape index (κ1) is 23.3. The summed E-state index contributed by atoms with van der Waals surface area (Å²) in [4.78, 5) is 14.4. The number of benzene rings is 8. The average Bonchev–Trinajstić information content (AvgIpc) is 3.80. The first-order valence-corrected chi connectivity index (χ1v) is 17.0. The van der Waals surface area contributed by atoms with E-state index >= 15 is 0 Å². The number of furan rings is 1. The van der Waals surface area contributed by atoms with Gasteiger partial charge in [0, 0.05) is 50.0 Å². The van der Waals surface area contributed by atoms with E-state index in [4.69, 9.17) is 22.1 Å². The Hall–Kier alpha value is -7.11. The monoisotopic (exact) mass is 670 g/mol. The highest BCUT2D eigenvalue weighted by atomic mass is 16.3. The maximum absolute atomic E-state index is 9.79. The maximum Gasteiger partial charge on any atom is 0.164 e. The van der Waals surface area contributed by atoms with Gasteiger partial charge in [-0.1, -0.05) is 121 Å². The molecule has 3 heterocycles. The fraction of sp³-hybridized carbons (Fsp3) is 0. The Morgan fingerprint density at radius 1 is 0.481 bits per heavy atom. The van der Waals surface area contributed by atoms with Gasteiger partial charge in [-0.2, -0.15) is 0 Å². The van der Waals surface area contributed by atoms with Crippen LogP contribution in [0.4, 0.5) is 0 Å². The van der Waals surface area contributed by atoms with Crippen molar-refractivity contribution in [2.45, 2.75) is 0 Å². The molecule has 0 aliphatic carbocycles. The van der Waals surface area contributed by atoms with Crippen LogP contribution >= 0.6 is 0 Å². The molecule has 0 fully saturated rings. The molecule has 0 saturated heterocycles. The van der Waals surface area contributed by atoms with Crippen molar-refractivity contribution in [2.75, 3.05) is 0 Å². The van der Waals surface area contributed by atoms with Crippen molar-refractivity contribution in [3.63, 3.8) is 0 Å². The predicted molar refractivity (Wildman–Crippen MR) is 213 cm³/mol. The summed E-state index contributed by atoms with van der Waals surface area (Å²) in [5.74, 6) is 0.698. The predicted octanol–water partition coefficient (Wildman–Crippen LogP) is 12.2. The lowest BCUT2D eigenvalue weighted by Crippen LogP contribution is -2.00.